The summed E-state index contributed by atoms with van der Waals surface area (Å²) in [4.78, 5) is 4.25. The predicted octanol–water partition coefficient (Wildman–Crippen LogP) is 2.37. The van der Waals surface area contributed by atoms with E-state index in [-0.39, 0.29) is 6.04 Å². The van der Waals surface area contributed by atoms with Gasteiger partial charge in [0.25, 0.3) is 0 Å². The van der Waals surface area contributed by atoms with Gasteiger partial charge < -0.3 is 10.3 Å². The average Bonchev–Trinajstić information content (AvgIpc) is 2.65. The minimum Gasteiger partial charge on any atom is -0.338 e. The first kappa shape index (κ1) is 12.5. The highest BCUT2D eigenvalue weighted by molar-refractivity contribution is 7.98. The molecule has 15 heavy (non-hydrogen) atoms. The second-order valence-electron chi connectivity index (χ2n) is 3.97. The zero-order valence-corrected chi connectivity index (χ0v) is 10.4. The lowest BCUT2D eigenvalue weighted by Crippen LogP contribution is -2.08. The molecule has 0 amide bonds. The molecule has 1 aromatic rings. The molecule has 1 heterocycles. The number of hydrogen-bond acceptors (Lipinski definition) is 5. The van der Waals surface area contributed by atoms with Gasteiger partial charge >= 0.3 is 0 Å². The lowest BCUT2D eigenvalue weighted by Gasteiger charge is -2.01. The van der Waals surface area contributed by atoms with Gasteiger partial charge in [0, 0.05) is 0 Å². The van der Waals surface area contributed by atoms with Gasteiger partial charge in [0.2, 0.25) is 5.89 Å². The molecule has 0 aliphatic heterocycles. The summed E-state index contributed by atoms with van der Waals surface area (Å²) in [6.07, 6.45) is 0.820. The number of rotatable bonds is 6. The highest BCUT2D eigenvalue weighted by Gasteiger charge is 2.12. The molecule has 0 spiro atoms. The van der Waals surface area contributed by atoms with Crippen LogP contribution < -0.4 is 5.73 Å². The maximum absolute atomic E-state index is 5.78. The van der Waals surface area contributed by atoms with Crippen LogP contribution in [0, 0.1) is 5.92 Å². The van der Waals surface area contributed by atoms with Gasteiger partial charge in [0.05, 0.1) is 11.8 Å². The molecule has 5 heteroatoms. The second-order valence-corrected chi connectivity index (χ2v) is 5.00. The van der Waals surface area contributed by atoms with Gasteiger partial charge in [-0.15, -0.1) is 0 Å². The molecule has 1 atom stereocenters. The Bertz CT molecular complexity index is 288. The van der Waals surface area contributed by atoms with Gasteiger partial charge in [-0.05, 0) is 18.1 Å². The van der Waals surface area contributed by atoms with Crippen LogP contribution in [0.1, 0.15) is 44.9 Å². The summed E-state index contributed by atoms with van der Waals surface area (Å²) < 4.78 is 5.08. The van der Waals surface area contributed by atoms with Gasteiger partial charge in [-0.25, -0.2) is 0 Å². The fourth-order valence-electron chi connectivity index (χ4n) is 1.04. The van der Waals surface area contributed by atoms with Crippen molar-refractivity contribution in [3.05, 3.63) is 11.7 Å². The van der Waals surface area contributed by atoms with Gasteiger partial charge in [0.1, 0.15) is 0 Å². The van der Waals surface area contributed by atoms with Crippen molar-refractivity contribution in [1.29, 1.82) is 0 Å². The molecule has 0 fully saturated rings. The summed E-state index contributed by atoms with van der Waals surface area (Å²) >= 11 is 1.82. The molecule has 86 valence electrons. The molecule has 0 saturated heterocycles. The summed E-state index contributed by atoms with van der Waals surface area (Å²) in [5.74, 6) is 3.92. The highest BCUT2D eigenvalue weighted by atomic mass is 32.2. The number of nitrogens with zero attached hydrogens (tertiary/aromatic N) is 2. The molecule has 0 bridgehead atoms. The predicted molar refractivity (Wildman–Crippen MR) is 62.5 cm³/mol. The van der Waals surface area contributed by atoms with Crippen LogP contribution >= 0.6 is 11.8 Å². The van der Waals surface area contributed by atoms with E-state index in [1.165, 1.54) is 0 Å². The first-order valence-electron chi connectivity index (χ1n) is 5.29. The Hall–Kier alpha value is -0.550. The maximum Gasteiger partial charge on any atom is 0.243 e. The molecule has 0 aliphatic carbocycles. The Morgan fingerprint density at radius 3 is 2.80 bits per heavy atom. The molecule has 0 aromatic carbocycles. The van der Waals surface area contributed by atoms with Gasteiger partial charge in [-0.1, -0.05) is 25.9 Å². The number of nitrogens with two attached hydrogens (primary N) is 1. The molecule has 0 aliphatic rings. The van der Waals surface area contributed by atoms with Gasteiger partial charge in [0.15, 0.2) is 5.82 Å². The monoisotopic (exact) mass is 229 g/mol. The molecule has 1 aromatic heterocycles. The molecular weight excluding hydrogens is 210 g/mol. The van der Waals surface area contributed by atoms with Gasteiger partial charge in [-0.2, -0.15) is 16.7 Å². The SMILES string of the molecule is CC[C@H](N)c1nc(CSCC(C)C)no1. The van der Waals surface area contributed by atoms with E-state index in [9.17, 15) is 0 Å². The van der Waals surface area contributed by atoms with E-state index in [0.717, 1.165) is 23.8 Å². The molecule has 0 saturated carbocycles. The Labute approximate surface area is 95.0 Å². The average molecular weight is 229 g/mol. The number of thioether (sulfide) groups is 1. The smallest absolute Gasteiger partial charge is 0.243 e. The van der Waals surface area contributed by atoms with E-state index in [2.05, 4.69) is 24.0 Å². The fourth-order valence-corrected chi connectivity index (χ4v) is 1.93. The lowest BCUT2D eigenvalue weighted by molar-refractivity contribution is 0.349. The van der Waals surface area contributed by atoms with Crippen molar-refractivity contribution in [3.63, 3.8) is 0 Å². The topological polar surface area (TPSA) is 64.9 Å². The van der Waals surface area contributed by atoms with Crippen LogP contribution in [0.4, 0.5) is 0 Å². The van der Waals surface area contributed by atoms with Crippen LogP contribution in [-0.2, 0) is 5.75 Å². The molecule has 1 rings (SSSR count). The Morgan fingerprint density at radius 1 is 1.47 bits per heavy atom. The van der Waals surface area contributed by atoms with Crippen molar-refractivity contribution >= 4 is 11.8 Å². The van der Waals surface area contributed by atoms with E-state index in [0.29, 0.717) is 11.8 Å². The third-order valence-corrected chi connectivity index (χ3v) is 3.29. The van der Waals surface area contributed by atoms with Gasteiger partial charge in [-0.3, -0.25) is 0 Å². The van der Waals surface area contributed by atoms with Crippen molar-refractivity contribution in [3.8, 4) is 0 Å². The number of aromatic nitrogens is 2. The zero-order chi connectivity index (χ0) is 11.3. The van der Waals surface area contributed by atoms with Crippen LogP contribution in [0.5, 0.6) is 0 Å². The lowest BCUT2D eigenvalue weighted by atomic mass is 10.2. The summed E-state index contributed by atoms with van der Waals surface area (Å²) in [5.41, 5.74) is 5.78. The molecule has 0 unspecified atom stereocenters. The minimum atomic E-state index is -0.124. The highest BCUT2D eigenvalue weighted by Crippen LogP contribution is 2.16. The molecule has 0 radical (unpaired) electrons. The summed E-state index contributed by atoms with van der Waals surface area (Å²) in [5, 5.41) is 3.90. The van der Waals surface area contributed by atoms with Crippen molar-refractivity contribution < 1.29 is 4.52 Å². The summed E-state index contributed by atoms with van der Waals surface area (Å²) in [6.45, 7) is 6.39. The minimum absolute atomic E-state index is 0.124. The van der Waals surface area contributed by atoms with Crippen LogP contribution in [0.2, 0.25) is 0 Å². The van der Waals surface area contributed by atoms with Crippen LogP contribution in [0.3, 0.4) is 0 Å². The number of hydrogen-bond donors (Lipinski definition) is 1. The van der Waals surface area contributed by atoms with Crippen molar-refractivity contribution in [1.82, 2.24) is 10.1 Å². The van der Waals surface area contributed by atoms with E-state index in [4.69, 9.17) is 10.3 Å². The molecule has 4 nitrogen and oxygen atoms in total. The second kappa shape index (κ2) is 6.12. The standard InChI is InChI=1S/C10H19N3OS/c1-4-8(11)10-12-9(13-14-10)6-15-5-7(2)3/h7-8H,4-6,11H2,1-3H3/t8-/m0/s1. The Morgan fingerprint density at radius 2 is 2.20 bits per heavy atom. The van der Waals surface area contributed by atoms with Crippen LogP contribution in [0.15, 0.2) is 4.52 Å². The third kappa shape index (κ3) is 4.22. The van der Waals surface area contributed by atoms with E-state index >= 15 is 0 Å². The Balaban J connectivity index is 2.39. The van der Waals surface area contributed by atoms with Crippen LogP contribution in [-0.4, -0.2) is 15.9 Å². The Kier molecular flexibility index (Phi) is 5.11. The molecule has 2 N–H and O–H groups in total. The van der Waals surface area contributed by atoms with E-state index in [1.54, 1.807) is 0 Å². The maximum atomic E-state index is 5.78. The first-order chi connectivity index (χ1) is 7.13. The summed E-state index contributed by atoms with van der Waals surface area (Å²) in [6, 6.07) is -0.124. The normalized spacial score (nSPS) is 13.4. The van der Waals surface area contributed by atoms with E-state index < -0.39 is 0 Å². The van der Waals surface area contributed by atoms with Crippen molar-refractivity contribution in [2.24, 2.45) is 11.7 Å². The fraction of sp³-hybridized carbons (Fsp3) is 0.800. The van der Waals surface area contributed by atoms with Crippen molar-refractivity contribution in [2.75, 3.05) is 5.75 Å². The van der Waals surface area contributed by atoms with Crippen LogP contribution in [0.25, 0.3) is 0 Å². The van der Waals surface area contributed by atoms with Crippen molar-refractivity contribution in [2.45, 2.75) is 39.0 Å². The zero-order valence-electron chi connectivity index (χ0n) is 9.56. The largest absolute Gasteiger partial charge is 0.338 e. The third-order valence-electron chi connectivity index (χ3n) is 1.92. The molecular formula is C10H19N3OS. The quantitative estimate of drug-likeness (QED) is 0.811. The summed E-state index contributed by atoms with van der Waals surface area (Å²) in [7, 11) is 0. The van der Waals surface area contributed by atoms with E-state index in [1.807, 2.05) is 18.7 Å². The first-order valence-corrected chi connectivity index (χ1v) is 6.44.